The predicted molar refractivity (Wildman–Crippen MR) is 72.9 cm³/mol. The molecule has 18 heavy (non-hydrogen) atoms. The van der Waals surface area contributed by atoms with Gasteiger partial charge in [0.05, 0.1) is 16.3 Å². The molecular weight excluding hydrogens is 246 g/mol. The van der Waals surface area contributed by atoms with Crippen molar-refractivity contribution in [2.24, 2.45) is 5.92 Å². The van der Waals surface area contributed by atoms with E-state index in [1.807, 2.05) is 12.1 Å². The molecule has 0 saturated carbocycles. The first-order chi connectivity index (χ1) is 8.79. The molecule has 4 heteroatoms. The van der Waals surface area contributed by atoms with E-state index in [0.29, 0.717) is 22.5 Å². The first-order valence-electron chi connectivity index (χ1n) is 6.46. The average molecular weight is 262 g/mol. The van der Waals surface area contributed by atoms with Crippen molar-refractivity contribution in [1.82, 2.24) is 5.32 Å². The van der Waals surface area contributed by atoms with Crippen LogP contribution in [0.15, 0.2) is 18.2 Å². The third-order valence-corrected chi connectivity index (χ3v) is 4.36. The van der Waals surface area contributed by atoms with Gasteiger partial charge in [-0.3, -0.25) is 0 Å². The summed E-state index contributed by atoms with van der Waals surface area (Å²) < 4.78 is 0. The van der Waals surface area contributed by atoms with E-state index in [9.17, 15) is 5.26 Å². The first kappa shape index (κ1) is 11.8. The molecule has 2 fully saturated rings. The average Bonchev–Trinajstić information content (AvgIpc) is 2.82. The van der Waals surface area contributed by atoms with Crippen LogP contribution in [0.4, 0.5) is 5.69 Å². The molecule has 0 amide bonds. The number of rotatable bonds is 1. The Bertz CT molecular complexity index is 480. The lowest BCUT2D eigenvalue weighted by Crippen LogP contribution is -2.40. The number of piperidine rings is 1. The van der Waals surface area contributed by atoms with E-state index in [1.165, 1.54) is 12.8 Å². The molecule has 2 aliphatic heterocycles. The van der Waals surface area contributed by atoms with Gasteiger partial charge in [0.15, 0.2) is 0 Å². The van der Waals surface area contributed by atoms with Gasteiger partial charge in [-0.15, -0.1) is 0 Å². The van der Waals surface area contributed by atoms with E-state index >= 15 is 0 Å². The van der Waals surface area contributed by atoms with Crippen molar-refractivity contribution >= 4 is 17.3 Å². The maximum atomic E-state index is 9.24. The van der Waals surface area contributed by atoms with Gasteiger partial charge in [0.25, 0.3) is 0 Å². The molecule has 1 aromatic rings. The molecule has 0 bridgehead atoms. The molecular formula is C14H16ClN3. The van der Waals surface area contributed by atoms with Crippen molar-refractivity contribution < 1.29 is 0 Å². The molecule has 0 aromatic heterocycles. The number of fused-ring (bicyclic) bond motifs is 1. The van der Waals surface area contributed by atoms with Crippen molar-refractivity contribution in [3.05, 3.63) is 28.8 Å². The van der Waals surface area contributed by atoms with Gasteiger partial charge in [0.1, 0.15) is 6.07 Å². The molecule has 0 aliphatic carbocycles. The quantitative estimate of drug-likeness (QED) is 0.844. The minimum Gasteiger partial charge on any atom is -0.369 e. The molecule has 2 heterocycles. The molecule has 0 unspecified atom stereocenters. The highest BCUT2D eigenvalue weighted by molar-refractivity contribution is 6.32. The molecule has 1 N–H and O–H groups in total. The van der Waals surface area contributed by atoms with E-state index in [-0.39, 0.29) is 0 Å². The van der Waals surface area contributed by atoms with E-state index in [4.69, 9.17) is 11.6 Å². The SMILES string of the molecule is N#Cc1c(Cl)cccc1N1C[C@@H]2CCCN[C@@H]2C1. The fraction of sp³-hybridized carbons (Fsp3) is 0.500. The summed E-state index contributed by atoms with van der Waals surface area (Å²) in [5.41, 5.74) is 1.60. The summed E-state index contributed by atoms with van der Waals surface area (Å²) in [6.07, 6.45) is 2.55. The van der Waals surface area contributed by atoms with Gasteiger partial charge in [-0.1, -0.05) is 17.7 Å². The Morgan fingerprint density at radius 2 is 2.28 bits per heavy atom. The van der Waals surface area contributed by atoms with Gasteiger partial charge >= 0.3 is 0 Å². The van der Waals surface area contributed by atoms with Crippen molar-refractivity contribution in [2.45, 2.75) is 18.9 Å². The lowest BCUT2D eigenvalue weighted by Gasteiger charge is -2.24. The van der Waals surface area contributed by atoms with Crippen LogP contribution < -0.4 is 10.2 Å². The third-order valence-electron chi connectivity index (χ3n) is 4.04. The summed E-state index contributed by atoms with van der Waals surface area (Å²) in [5, 5.41) is 13.4. The Labute approximate surface area is 112 Å². The van der Waals surface area contributed by atoms with Crippen LogP contribution in [0, 0.1) is 17.2 Å². The van der Waals surface area contributed by atoms with Gasteiger partial charge in [-0.2, -0.15) is 5.26 Å². The van der Waals surface area contributed by atoms with Crippen molar-refractivity contribution in [3.63, 3.8) is 0 Å². The molecule has 94 valence electrons. The topological polar surface area (TPSA) is 39.1 Å². The van der Waals surface area contributed by atoms with Gasteiger partial charge < -0.3 is 10.2 Å². The van der Waals surface area contributed by atoms with Crippen LogP contribution in [0.1, 0.15) is 18.4 Å². The molecule has 3 nitrogen and oxygen atoms in total. The second-order valence-corrected chi connectivity index (χ2v) is 5.52. The summed E-state index contributed by atoms with van der Waals surface area (Å²) in [7, 11) is 0. The monoisotopic (exact) mass is 261 g/mol. The predicted octanol–water partition coefficient (Wildman–Crippen LogP) is 2.40. The second-order valence-electron chi connectivity index (χ2n) is 5.11. The zero-order valence-corrected chi connectivity index (χ0v) is 11.0. The highest BCUT2D eigenvalue weighted by Gasteiger charge is 2.35. The van der Waals surface area contributed by atoms with E-state index in [0.717, 1.165) is 25.3 Å². The minimum atomic E-state index is 0.554. The van der Waals surface area contributed by atoms with Gasteiger partial charge in [0, 0.05) is 19.1 Å². The van der Waals surface area contributed by atoms with Crippen LogP contribution >= 0.6 is 11.6 Å². The fourth-order valence-electron chi connectivity index (χ4n) is 3.13. The van der Waals surface area contributed by atoms with Crippen LogP contribution in [0.3, 0.4) is 0 Å². The number of anilines is 1. The smallest absolute Gasteiger partial charge is 0.103 e. The number of nitriles is 1. The standard InChI is InChI=1S/C14H16ClN3/c15-12-4-1-5-14(11(12)7-16)18-8-10-3-2-6-17-13(10)9-18/h1,4-5,10,13,17H,2-3,6,8-9H2/t10-,13+/m0/s1. The normalized spacial score (nSPS) is 26.8. The Morgan fingerprint density at radius 3 is 3.06 bits per heavy atom. The van der Waals surface area contributed by atoms with Crippen LogP contribution in [0.5, 0.6) is 0 Å². The van der Waals surface area contributed by atoms with Crippen LogP contribution in [0.2, 0.25) is 5.02 Å². The molecule has 2 saturated heterocycles. The Hall–Kier alpha value is -1.24. The van der Waals surface area contributed by atoms with Gasteiger partial charge in [-0.25, -0.2) is 0 Å². The molecule has 0 spiro atoms. The van der Waals surface area contributed by atoms with Gasteiger partial charge in [-0.05, 0) is 37.4 Å². The van der Waals surface area contributed by atoms with Gasteiger partial charge in [0.2, 0.25) is 0 Å². The van der Waals surface area contributed by atoms with Crippen LogP contribution in [-0.2, 0) is 0 Å². The maximum Gasteiger partial charge on any atom is 0.103 e. The zero-order valence-electron chi connectivity index (χ0n) is 10.2. The number of hydrogen-bond acceptors (Lipinski definition) is 3. The third kappa shape index (κ3) is 1.96. The molecule has 1 aromatic carbocycles. The molecule has 0 radical (unpaired) electrons. The zero-order chi connectivity index (χ0) is 12.5. The number of benzene rings is 1. The molecule has 3 rings (SSSR count). The Kier molecular flexibility index (Phi) is 3.15. The maximum absolute atomic E-state index is 9.24. The largest absolute Gasteiger partial charge is 0.369 e. The lowest BCUT2D eigenvalue weighted by molar-refractivity contribution is 0.340. The number of halogens is 1. The highest BCUT2D eigenvalue weighted by atomic mass is 35.5. The fourth-order valence-corrected chi connectivity index (χ4v) is 3.34. The van der Waals surface area contributed by atoms with Crippen molar-refractivity contribution in [1.29, 1.82) is 5.26 Å². The summed E-state index contributed by atoms with van der Waals surface area (Å²) in [6, 6.07) is 8.51. The van der Waals surface area contributed by atoms with Crippen LogP contribution in [0.25, 0.3) is 0 Å². The minimum absolute atomic E-state index is 0.554. The second kappa shape index (κ2) is 4.79. The Balaban J connectivity index is 1.88. The number of nitrogens with zero attached hydrogens (tertiary/aromatic N) is 2. The van der Waals surface area contributed by atoms with Crippen LogP contribution in [-0.4, -0.2) is 25.7 Å². The molecule has 2 atom stereocenters. The van der Waals surface area contributed by atoms with E-state index in [1.54, 1.807) is 6.07 Å². The van der Waals surface area contributed by atoms with E-state index in [2.05, 4.69) is 16.3 Å². The molecule has 2 aliphatic rings. The van der Waals surface area contributed by atoms with Crippen molar-refractivity contribution in [3.8, 4) is 6.07 Å². The summed E-state index contributed by atoms with van der Waals surface area (Å²) in [4.78, 5) is 2.30. The van der Waals surface area contributed by atoms with E-state index < -0.39 is 0 Å². The number of nitrogens with one attached hydrogen (secondary N) is 1. The lowest BCUT2D eigenvalue weighted by atomic mass is 9.94. The Morgan fingerprint density at radius 1 is 1.39 bits per heavy atom. The van der Waals surface area contributed by atoms with Crippen molar-refractivity contribution in [2.75, 3.05) is 24.5 Å². The first-order valence-corrected chi connectivity index (χ1v) is 6.84. The summed E-state index contributed by atoms with van der Waals surface area (Å²) in [6.45, 7) is 3.14. The summed E-state index contributed by atoms with van der Waals surface area (Å²) in [5.74, 6) is 0.712. The highest BCUT2D eigenvalue weighted by Crippen LogP contribution is 2.33. The number of hydrogen-bond donors (Lipinski definition) is 1. The summed E-state index contributed by atoms with van der Waals surface area (Å²) >= 11 is 6.10.